The van der Waals surface area contributed by atoms with Gasteiger partial charge >= 0.3 is 0 Å². The molecule has 0 bridgehead atoms. The number of sulfone groups is 1. The van der Waals surface area contributed by atoms with Crippen molar-refractivity contribution in [1.29, 1.82) is 0 Å². The summed E-state index contributed by atoms with van der Waals surface area (Å²) in [5.74, 6) is -0.752. The summed E-state index contributed by atoms with van der Waals surface area (Å²) in [4.78, 5) is -0.236. The van der Waals surface area contributed by atoms with Crippen molar-refractivity contribution in [2.24, 2.45) is 0 Å². The molecular weight excluding hydrogens is 289 g/mol. The summed E-state index contributed by atoms with van der Waals surface area (Å²) < 4.78 is 37.8. The first-order valence-electron chi connectivity index (χ1n) is 7.75. The lowest BCUT2D eigenvalue weighted by atomic mass is 10.1. The van der Waals surface area contributed by atoms with Gasteiger partial charge in [-0.25, -0.2) is 12.8 Å². The Morgan fingerprint density at radius 2 is 1.57 bits per heavy atom. The Morgan fingerprint density at radius 1 is 1.00 bits per heavy atom. The van der Waals surface area contributed by atoms with Crippen LogP contribution < -0.4 is 5.73 Å². The number of hydrogen-bond donors (Lipinski definition) is 1. The first-order valence-corrected chi connectivity index (χ1v) is 9.40. The van der Waals surface area contributed by atoms with Crippen molar-refractivity contribution < 1.29 is 12.8 Å². The molecule has 0 heterocycles. The lowest BCUT2D eigenvalue weighted by Crippen LogP contribution is -2.09. The van der Waals surface area contributed by atoms with E-state index >= 15 is 0 Å². The summed E-state index contributed by atoms with van der Waals surface area (Å²) in [5, 5.41) is 0. The molecule has 0 radical (unpaired) electrons. The van der Waals surface area contributed by atoms with E-state index in [0.29, 0.717) is 6.42 Å². The lowest BCUT2D eigenvalue weighted by Gasteiger charge is -2.06. The molecule has 1 rings (SSSR count). The van der Waals surface area contributed by atoms with Crippen LogP contribution in [0.1, 0.15) is 58.3 Å². The van der Waals surface area contributed by atoms with E-state index in [2.05, 4.69) is 6.92 Å². The maximum Gasteiger partial charge on any atom is 0.181 e. The number of nitrogens with two attached hydrogens (primary N) is 1. The van der Waals surface area contributed by atoms with E-state index in [1.807, 2.05) is 0 Å². The summed E-state index contributed by atoms with van der Waals surface area (Å²) in [6.07, 6.45) is 8.62. The maximum absolute atomic E-state index is 13.6. The second-order valence-corrected chi connectivity index (χ2v) is 7.56. The third kappa shape index (κ3) is 6.46. The molecule has 0 atom stereocenters. The highest BCUT2D eigenvalue weighted by Crippen LogP contribution is 2.20. The van der Waals surface area contributed by atoms with Gasteiger partial charge in [0.1, 0.15) is 10.7 Å². The Bertz CT molecular complexity index is 529. The molecule has 0 aliphatic carbocycles. The largest absolute Gasteiger partial charge is 0.399 e. The predicted molar refractivity (Wildman–Crippen MR) is 85.5 cm³/mol. The Hall–Kier alpha value is -1.10. The zero-order valence-electron chi connectivity index (χ0n) is 12.8. The zero-order valence-corrected chi connectivity index (χ0v) is 13.6. The first-order chi connectivity index (χ1) is 9.97. The Balaban J connectivity index is 2.33. The second-order valence-electron chi connectivity index (χ2n) is 5.48. The van der Waals surface area contributed by atoms with Crippen molar-refractivity contribution in [3.63, 3.8) is 0 Å². The van der Waals surface area contributed by atoms with Gasteiger partial charge < -0.3 is 5.73 Å². The number of halogens is 1. The smallest absolute Gasteiger partial charge is 0.181 e. The predicted octanol–water partition coefficient (Wildman–Crippen LogP) is 4.32. The van der Waals surface area contributed by atoms with E-state index < -0.39 is 15.7 Å². The molecule has 0 aliphatic rings. The highest BCUT2D eigenvalue weighted by molar-refractivity contribution is 7.91. The van der Waals surface area contributed by atoms with Crippen molar-refractivity contribution in [3.8, 4) is 0 Å². The third-order valence-electron chi connectivity index (χ3n) is 3.56. The average Bonchev–Trinajstić information content (AvgIpc) is 2.41. The molecule has 0 fully saturated rings. The van der Waals surface area contributed by atoms with Crippen LogP contribution in [0.5, 0.6) is 0 Å². The topological polar surface area (TPSA) is 60.2 Å². The highest BCUT2D eigenvalue weighted by atomic mass is 32.2. The number of hydrogen-bond acceptors (Lipinski definition) is 3. The van der Waals surface area contributed by atoms with Gasteiger partial charge in [0.2, 0.25) is 0 Å². The average molecular weight is 315 g/mol. The minimum atomic E-state index is -3.54. The number of nitrogen functional groups attached to an aromatic ring is 1. The SMILES string of the molecule is CCCCCCCCCCS(=O)(=O)c1ccc(N)cc1F. The minimum absolute atomic E-state index is 0.00278. The Morgan fingerprint density at radius 3 is 2.14 bits per heavy atom. The first kappa shape index (κ1) is 18.0. The molecule has 21 heavy (non-hydrogen) atoms. The number of benzene rings is 1. The number of unbranched alkanes of at least 4 members (excludes halogenated alkanes) is 7. The summed E-state index contributed by atoms with van der Waals surface area (Å²) in [7, 11) is -3.54. The quantitative estimate of drug-likeness (QED) is 0.516. The van der Waals surface area contributed by atoms with Crippen LogP contribution >= 0.6 is 0 Å². The van der Waals surface area contributed by atoms with Crippen LogP contribution in [-0.4, -0.2) is 14.2 Å². The van der Waals surface area contributed by atoms with Crippen LogP contribution in [-0.2, 0) is 9.84 Å². The van der Waals surface area contributed by atoms with E-state index in [4.69, 9.17) is 5.73 Å². The van der Waals surface area contributed by atoms with Gasteiger partial charge in [-0.15, -0.1) is 0 Å². The van der Waals surface area contributed by atoms with Crippen molar-refractivity contribution in [1.82, 2.24) is 0 Å². The van der Waals surface area contributed by atoms with Crippen molar-refractivity contribution in [2.45, 2.75) is 63.2 Å². The van der Waals surface area contributed by atoms with Gasteiger partial charge in [0, 0.05) is 5.69 Å². The normalized spacial score (nSPS) is 11.7. The number of anilines is 1. The van der Waals surface area contributed by atoms with Crippen LogP contribution in [0, 0.1) is 5.82 Å². The molecule has 0 saturated heterocycles. The molecule has 0 unspecified atom stereocenters. The molecule has 0 saturated carbocycles. The molecule has 0 spiro atoms. The maximum atomic E-state index is 13.6. The summed E-state index contributed by atoms with van der Waals surface area (Å²) in [6, 6.07) is 3.73. The summed E-state index contributed by atoms with van der Waals surface area (Å²) in [6.45, 7) is 2.18. The Labute approximate surface area is 127 Å². The molecular formula is C16H26FNO2S. The molecule has 1 aromatic carbocycles. The van der Waals surface area contributed by atoms with E-state index in [-0.39, 0.29) is 16.3 Å². The standard InChI is InChI=1S/C16H26FNO2S/c1-2-3-4-5-6-7-8-9-12-21(19,20)16-11-10-14(18)13-15(16)17/h10-11,13H,2-9,12,18H2,1H3. The van der Waals surface area contributed by atoms with E-state index in [9.17, 15) is 12.8 Å². The van der Waals surface area contributed by atoms with Gasteiger partial charge in [-0.1, -0.05) is 51.9 Å². The minimum Gasteiger partial charge on any atom is -0.399 e. The Kier molecular flexibility index (Phi) is 7.72. The molecule has 5 heteroatoms. The van der Waals surface area contributed by atoms with Crippen LogP contribution in [0.3, 0.4) is 0 Å². The van der Waals surface area contributed by atoms with E-state index in [1.165, 1.54) is 37.8 Å². The fourth-order valence-corrected chi connectivity index (χ4v) is 3.74. The van der Waals surface area contributed by atoms with Gasteiger partial charge in [0.05, 0.1) is 5.75 Å². The third-order valence-corrected chi connectivity index (χ3v) is 5.38. The van der Waals surface area contributed by atoms with Crippen molar-refractivity contribution in [2.75, 3.05) is 11.5 Å². The van der Waals surface area contributed by atoms with E-state index in [0.717, 1.165) is 25.3 Å². The highest BCUT2D eigenvalue weighted by Gasteiger charge is 2.18. The van der Waals surface area contributed by atoms with Crippen LogP contribution in [0.2, 0.25) is 0 Å². The lowest BCUT2D eigenvalue weighted by molar-refractivity contribution is 0.558. The van der Waals surface area contributed by atoms with Crippen LogP contribution in [0.15, 0.2) is 23.1 Å². The van der Waals surface area contributed by atoms with Gasteiger partial charge in [-0.3, -0.25) is 0 Å². The molecule has 2 N–H and O–H groups in total. The van der Waals surface area contributed by atoms with E-state index in [1.54, 1.807) is 0 Å². The molecule has 0 aromatic heterocycles. The van der Waals surface area contributed by atoms with Crippen molar-refractivity contribution in [3.05, 3.63) is 24.0 Å². The molecule has 120 valence electrons. The monoisotopic (exact) mass is 315 g/mol. The summed E-state index contributed by atoms with van der Waals surface area (Å²) >= 11 is 0. The van der Waals surface area contributed by atoms with Gasteiger partial charge in [0.15, 0.2) is 9.84 Å². The molecule has 1 aromatic rings. The van der Waals surface area contributed by atoms with Gasteiger partial charge in [-0.05, 0) is 24.6 Å². The van der Waals surface area contributed by atoms with Crippen LogP contribution in [0.4, 0.5) is 10.1 Å². The summed E-state index contributed by atoms with van der Waals surface area (Å²) in [5.41, 5.74) is 5.66. The van der Waals surface area contributed by atoms with Crippen LogP contribution in [0.25, 0.3) is 0 Å². The van der Waals surface area contributed by atoms with Gasteiger partial charge in [-0.2, -0.15) is 0 Å². The molecule has 3 nitrogen and oxygen atoms in total. The van der Waals surface area contributed by atoms with Gasteiger partial charge in [0.25, 0.3) is 0 Å². The number of rotatable bonds is 10. The molecule has 0 amide bonds. The fourth-order valence-electron chi connectivity index (χ4n) is 2.31. The second kappa shape index (κ2) is 9.03. The zero-order chi connectivity index (χ0) is 15.7. The fraction of sp³-hybridized carbons (Fsp3) is 0.625. The molecule has 0 aliphatic heterocycles. The van der Waals surface area contributed by atoms with Crippen molar-refractivity contribution >= 4 is 15.5 Å².